The maximum atomic E-state index is 12.6. The summed E-state index contributed by atoms with van der Waals surface area (Å²) in [5, 5.41) is 12.4. The smallest absolute Gasteiger partial charge is 0.395 e. The number of hydrogen-bond acceptors (Lipinski definition) is 3. The lowest BCUT2D eigenvalue weighted by atomic mass is 9.84. The number of nitrogens with zero attached hydrogens (tertiary/aromatic N) is 1. The van der Waals surface area contributed by atoms with Gasteiger partial charge in [0.2, 0.25) is 0 Å². The molecule has 0 aromatic rings. The third kappa shape index (κ3) is 5.22. The largest absolute Gasteiger partial charge is 0.401 e. The van der Waals surface area contributed by atoms with E-state index in [1.54, 1.807) is 0 Å². The number of alkyl halides is 3. The normalized spacial score (nSPS) is 26.4. The van der Waals surface area contributed by atoms with Crippen LogP contribution in [-0.4, -0.2) is 55.0 Å². The van der Waals surface area contributed by atoms with Crippen LogP contribution in [0.3, 0.4) is 0 Å². The molecule has 0 heterocycles. The van der Waals surface area contributed by atoms with Crippen molar-refractivity contribution in [3.05, 3.63) is 0 Å². The summed E-state index contributed by atoms with van der Waals surface area (Å²) in [6.45, 7) is 6.47. The predicted molar refractivity (Wildman–Crippen MR) is 73.6 cm³/mol. The highest BCUT2D eigenvalue weighted by Gasteiger charge is 2.42. The van der Waals surface area contributed by atoms with Gasteiger partial charge in [0.15, 0.2) is 0 Å². The number of aliphatic hydroxyl groups excluding tert-OH is 1. The van der Waals surface area contributed by atoms with Crippen molar-refractivity contribution >= 4 is 0 Å². The second-order valence-corrected chi connectivity index (χ2v) is 6.40. The second-order valence-electron chi connectivity index (χ2n) is 6.40. The van der Waals surface area contributed by atoms with Crippen LogP contribution in [0.1, 0.15) is 33.6 Å². The molecule has 1 saturated carbocycles. The Bertz CT molecular complexity index is 295. The predicted octanol–water partition coefficient (Wildman–Crippen LogP) is 2.26. The molecular formula is C14H27F3N2O. The highest BCUT2D eigenvalue weighted by atomic mass is 19.4. The molecule has 0 radical (unpaired) electrons. The molecule has 1 rings (SSSR count). The Morgan fingerprint density at radius 1 is 1.35 bits per heavy atom. The summed E-state index contributed by atoms with van der Waals surface area (Å²) in [4.78, 5) is 1.33. The zero-order valence-electron chi connectivity index (χ0n) is 12.6. The van der Waals surface area contributed by atoms with Crippen molar-refractivity contribution in [2.45, 2.75) is 45.8 Å². The van der Waals surface area contributed by atoms with Gasteiger partial charge in [0.05, 0.1) is 13.2 Å². The molecule has 0 aromatic carbocycles. The van der Waals surface area contributed by atoms with Crippen molar-refractivity contribution in [1.29, 1.82) is 0 Å². The molecule has 0 aromatic heterocycles. The Labute approximate surface area is 119 Å². The van der Waals surface area contributed by atoms with Crippen molar-refractivity contribution in [2.75, 3.05) is 32.8 Å². The lowest BCUT2D eigenvalue weighted by Gasteiger charge is -2.34. The highest BCUT2D eigenvalue weighted by Crippen LogP contribution is 2.41. The molecule has 3 nitrogen and oxygen atoms in total. The van der Waals surface area contributed by atoms with Crippen LogP contribution in [0.15, 0.2) is 0 Å². The molecule has 0 bridgehead atoms. The number of hydrogen-bond donors (Lipinski definition) is 2. The monoisotopic (exact) mass is 296 g/mol. The van der Waals surface area contributed by atoms with E-state index in [9.17, 15) is 13.2 Å². The van der Waals surface area contributed by atoms with Gasteiger partial charge in [-0.2, -0.15) is 13.2 Å². The number of nitrogens with one attached hydrogen (secondary N) is 1. The fourth-order valence-electron chi connectivity index (χ4n) is 3.34. The fraction of sp³-hybridized carbons (Fsp3) is 1.00. The van der Waals surface area contributed by atoms with Crippen LogP contribution in [0.4, 0.5) is 13.2 Å². The van der Waals surface area contributed by atoms with E-state index in [0.29, 0.717) is 6.54 Å². The van der Waals surface area contributed by atoms with E-state index in [1.165, 1.54) is 4.90 Å². The first-order valence-corrected chi connectivity index (χ1v) is 7.33. The van der Waals surface area contributed by atoms with Gasteiger partial charge in [-0.15, -0.1) is 0 Å². The van der Waals surface area contributed by atoms with Gasteiger partial charge < -0.3 is 10.4 Å². The van der Waals surface area contributed by atoms with E-state index in [4.69, 9.17) is 5.11 Å². The Morgan fingerprint density at radius 3 is 2.50 bits per heavy atom. The minimum Gasteiger partial charge on any atom is -0.395 e. The molecule has 2 N–H and O–H groups in total. The quantitative estimate of drug-likeness (QED) is 0.756. The zero-order valence-corrected chi connectivity index (χ0v) is 12.6. The van der Waals surface area contributed by atoms with Crippen LogP contribution in [0, 0.1) is 11.3 Å². The SMILES string of the molecule is CCNC1C(CN(CCO)CC(F)(F)F)CCC1(C)C. The van der Waals surface area contributed by atoms with Gasteiger partial charge in [0.1, 0.15) is 0 Å². The molecule has 2 atom stereocenters. The first-order valence-electron chi connectivity index (χ1n) is 7.33. The summed E-state index contributed by atoms with van der Waals surface area (Å²) in [6.07, 6.45) is -2.25. The Morgan fingerprint density at radius 2 is 2.00 bits per heavy atom. The van der Waals surface area contributed by atoms with Gasteiger partial charge in [0, 0.05) is 19.1 Å². The minimum absolute atomic E-state index is 0.0787. The molecule has 1 aliphatic carbocycles. The van der Waals surface area contributed by atoms with Crippen molar-refractivity contribution < 1.29 is 18.3 Å². The van der Waals surface area contributed by atoms with E-state index in [0.717, 1.165) is 19.4 Å². The van der Waals surface area contributed by atoms with E-state index < -0.39 is 12.7 Å². The first-order chi connectivity index (χ1) is 9.19. The number of aliphatic hydroxyl groups is 1. The van der Waals surface area contributed by atoms with Crippen molar-refractivity contribution in [1.82, 2.24) is 10.2 Å². The molecule has 0 aliphatic heterocycles. The van der Waals surface area contributed by atoms with Crippen molar-refractivity contribution in [2.24, 2.45) is 11.3 Å². The van der Waals surface area contributed by atoms with Crippen molar-refractivity contribution in [3.63, 3.8) is 0 Å². The summed E-state index contributed by atoms with van der Waals surface area (Å²) < 4.78 is 37.7. The first kappa shape index (κ1) is 17.7. The Balaban J connectivity index is 2.67. The lowest BCUT2D eigenvalue weighted by Crippen LogP contribution is -2.47. The molecule has 1 fully saturated rings. The van der Waals surface area contributed by atoms with Crippen LogP contribution in [0.2, 0.25) is 0 Å². The van der Waals surface area contributed by atoms with Gasteiger partial charge >= 0.3 is 6.18 Å². The maximum absolute atomic E-state index is 12.6. The van der Waals surface area contributed by atoms with Gasteiger partial charge in [-0.3, -0.25) is 4.90 Å². The van der Waals surface area contributed by atoms with Crippen LogP contribution in [0.5, 0.6) is 0 Å². The summed E-state index contributed by atoms with van der Waals surface area (Å²) in [5.74, 6) is 0.207. The summed E-state index contributed by atoms with van der Waals surface area (Å²) >= 11 is 0. The molecule has 20 heavy (non-hydrogen) atoms. The van der Waals surface area contributed by atoms with E-state index >= 15 is 0 Å². The highest BCUT2D eigenvalue weighted by molar-refractivity contribution is 4.97. The van der Waals surface area contributed by atoms with Gasteiger partial charge in [0.25, 0.3) is 0 Å². The molecular weight excluding hydrogens is 269 g/mol. The molecule has 1 aliphatic rings. The Hall–Kier alpha value is -0.330. The van der Waals surface area contributed by atoms with Crippen LogP contribution < -0.4 is 5.32 Å². The average Bonchev–Trinajstić information content (AvgIpc) is 2.55. The number of rotatable bonds is 7. The number of halogens is 3. The van der Waals surface area contributed by atoms with E-state index in [1.807, 2.05) is 6.92 Å². The summed E-state index contributed by atoms with van der Waals surface area (Å²) in [5.41, 5.74) is 0.115. The van der Waals surface area contributed by atoms with Crippen LogP contribution in [0.25, 0.3) is 0 Å². The van der Waals surface area contributed by atoms with Gasteiger partial charge in [-0.25, -0.2) is 0 Å². The molecule has 120 valence electrons. The molecule has 0 spiro atoms. The third-order valence-corrected chi connectivity index (χ3v) is 4.21. The zero-order chi connectivity index (χ0) is 15.4. The minimum atomic E-state index is -4.21. The summed E-state index contributed by atoms with van der Waals surface area (Å²) in [7, 11) is 0. The summed E-state index contributed by atoms with van der Waals surface area (Å²) in [6, 6.07) is 0.238. The van der Waals surface area contributed by atoms with Gasteiger partial charge in [-0.1, -0.05) is 20.8 Å². The van der Waals surface area contributed by atoms with Crippen LogP contribution >= 0.6 is 0 Å². The van der Waals surface area contributed by atoms with Gasteiger partial charge in [-0.05, 0) is 30.7 Å². The van der Waals surface area contributed by atoms with E-state index in [2.05, 4.69) is 19.2 Å². The topological polar surface area (TPSA) is 35.5 Å². The lowest BCUT2D eigenvalue weighted by molar-refractivity contribution is -0.148. The second kappa shape index (κ2) is 7.09. The Kier molecular flexibility index (Phi) is 6.28. The van der Waals surface area contributed by atoms with Crippen LogP contribution in [-0.2, 0) is 0 Å². The average molecular weight is 296 g/mol. The molecule has 6 heteroatoms. The standard InChI is InChI=1S/C14H27F3N2O/c1-4-18-12-11(5-6-13(12,2)3)9-19(7-8-20)10-14(15,16)17/h11-12,18,20H,4-10H2,1-3H3. The fourth-order valence-corrected chi connectivity index (χ4v) is 3.34. The third-order valence-electron chi connectivity index (χ3n) is 4.21. The molecule has 2 unspecified atom stereocenters. The molecule has 0 saturated heterocycles. The van der Waals surface area contributed by atoms with E-state index in [-0.39, 0.29) is 30.5 Å². The maximum Gasteiger partial charge on any atom is 0.401 e. The molecule has 0 amide bonds. The van der Waals surface area contributed by atoms with Crippen molar-refractivity contribution in [3.8, 4) is 0 Å².